The van der Waals surface area contributed by atoms with E-state index in [4.69, 9.17) is 4.74 Å². The number of rotatable bonds is 9. The Kier molecular flexibility index (Phi) is 8.10. The largest absolute Gasteiger partial charge is 0.495 e. The zero-order valence-electron chi connectivity index (χ0n) is 18.2. The highest BCUT2D eigenvalue weighted by molar-refractivity contribution is 8.00. The number of para-hydroxylation sites is 2. The standard InChI is InChI=1S/C25H24N2O5S/c1-3-22(24(29)27-20-13-6-7-14-21(20)32-2)33-17-10-8-9-16(15-17)26-23(28)18-11-4-5-12-19(18)25(30)31/h4-15,22H,3H2,1-2H3,(H,26,28)(H,27,29)(H,30,31). The number of ether oxygens (including phenoxy) is 1. The Morgan fingerprint density at radius 1 is 0.939 bits per heavy atom. The molecule has 0 saturated carbocycles. The second kappa shape index (κ2) is 11.2. The highest BCUT2D eigenvalue weighted by Crippen LogP contribution is 2.30. The van der Waals surface area contributed by atoms with Crippen LogP contribution in [-0.4, -0.2) is 35.2 Å². The zero-order valence-corrected chi connectivity index (χ0v) is 19.0. The Morgan fingerprint density at radius 2 is 1.64 bits per heavy atom. The van der Waals surface area contributed by atoms with Crippen LogP contribution in [0.4, 0.5) is 11.4 Å². The van der Waals surface area contributed by atoms with Crippen LogP contribution < -0.4 is 15.4 Å². The molecule has 3 N–H and O–H groups in total. The molecule has 0 aliphatic heterocycles. The number of nitrogens with one attached hydrogen (secondary N) is 2. The number of anilines is 2. The maximum Gasteiger partial charge on any atom is 0.336 e. The van der Waals surface area contributed by atoms with Crippen LogP contribution in [0.25, 0.3) is 0 Å². The van der Waals surface area contributed by atoms with Gasteiger partial charge in [-0.3, -0.25) is 9.59 Å². The second-order valence-electron chi connectivity index (χ2n) is 7.04. The van der Waals surface area contributed by atoms with Gasteiger partial charge in [0.2, 0.25) is 5.91 Å². The van der Waals surface area contributed by atoms with Gasteiger partial charge in [-0.15, -0.1) is 11.8 Å². The van der Waals surface area contributed by atoms with Gasteiger partial charge in [0, 0.05) is 10.6 Å². The molecule has 0 fully saturated rings. The van der Waals surface area contributed by atoms with Crippen LogP contribution in [0.15, 0.2) is 77.7 Å². The van der Waals surface area contributed by atoms with Crippen LogP contribution in [-0.2, 0) is 4.79 Å². The predicted octanol–water partition coefficient (Wildman–Crippen LogP) is 5.16. The van der Waals surface area contributed by atoms with E-state index in [1.165, 1.54) is 23.9 Å². The van der Waals surface area contributed by atoms with Gasteiger partial charge in [0.25, 0.3) is 5.91 Å². The first-order valence-electron chi connectivity index (χ1n) is 10.3. The summed E-state index contributed by atoms with van der Waals surface area (Å²) in [6.07, 6.45) is 0.591. The lowest BCUT2D eigenvalue weighted by molar-refractivity contribution is -0.115. The molecule has 7 nitrogen and oxygen atoms in total. The van der Waals surface area contributed by atoms with Crippen molar-refractivity contribution in [1.82, 2.24) is 0 Å². The number of benzene rings is 3. The summed E-state index contributed by atoms with van der Waals surface area (Å²) in [7, 11) is 1.55. The third-order valence-electron chi connectivity index (χ3n) is 4.80. The van der Waals surface area contributed by atoms with Gasteiger partial charge in [-0.25, -0.2) is 4.79 Å². The molecule has 0 aliphatic rings. The Morgan fingerprint density at radius 3 is 2.33 bits per heavy atom. The molecule has 3 rings (SSSR count). The van der Waals surface area contributed by atoms with E-state index in [0.29, 0.717) is 23.5 Å². The number of amides is 2. The molecule has 3 aromatic rings. The third-order valence-corrected chi connectivity index (χ3v) is 6.16. The summed E-state index contributed by atoms with van der Waals surface area (Å²) in [6.45, 7) is 1.92. The Balaban J connectivity index is 1.71. The van der Waals surface area contributed by atoms with Crippen molar-refractivity contribution < 1.29 is 24.2 Å². The fraction of sp³-hybridized carbons (Fsp3) is 0.160. The Hall–Kier alpha value is -3.78. The first kappa shape index (κ1) is 23.9. The fourth-order valence-corrected chi connectivity index (χ4v) is 4.17. The normalized spacial score (nSPS) is 11.3. The molecule has 33 heavy (non-hydrogen) atoms. The summed E-state index contributed by atoms with van der Waals surface area (Å²) in [5, 5.41) is 14.6. The molecule has 0 saturated heterocycles. The topological polar surface area (TPSA) is 105 Å². The van der Waals surface area contributed by atoms with E-state index in [1.54, 1.807) is 49.6 Å². The van der Waals surface area contributed by atoms with Gasteiger partial charge in [-0.2, -0.15) is 0 Å². The summed E-state index contributed by atoms with van der Waals surface area (Å²) >= 11 is 1.38. The van der Waals surface area contributed by atoms with Gasteiger partial charge in [0.1, 0.15) is 5.75 Å². The predicted molar refractivity (Wildman–Crippen MR) is 129 cm³/mol. The number of hydrogen-bond donors (Lipinski definition) is 3. The summed E-state index contributed by atoms with van der Waals surface area (Å²) in [5.74, 6) is -1.26. The van der Waals surface area contributed by atoms with Crippen molar-refractivity contribution in [3.05, 3.63) is 83.9 Å². The van der Waals surface area contributed by atoms with Gasteiger partial charge in [0.15, 0.2) is 0 Å². The first-order chi connectivity index (χ1) is 15.9. The van der Waals surface area contributed by atoms with Gasteiger partial charge in [-0.1, -0.05) is 37.3 Å². The molecule has 8 heteroatoms. The minimum Gasteiger partial charge on any atom is -0.495 e. The van der Waals surface area contributed by atoms with Crippen molar-refractivity contribution in [2.24, 2.45) is 0 Å². The molecule has 0 aromatic heterocycles. The number of aromatic carboxylic acids is 1. The fourth-order valence-electron chi connectivity index (χ4n) is 3.16. The average molecular weight is 465 g/mol. The van der Waals surface area contributed by atoms with Crippen LogP contribution in [0.2, 0.25) is 0 Å². The van der Waals surface area contributed by atoms with Crippen molar-refractivity contribution in [2.75, 3.05) is 17.7 Å². The lowest BCUT2D eigenvalue weighted by Gasteiger charge is -2.17. The molecule has 3 aromatic carbocycles. The SMILES string of the molecule is CCC(Sc1cccc(NC(=O)c2ccccc2C(=O)O)c1)C(=O)Nc1ccccc1OC. The van der Waals surface area contributed by atoms with Crippen molar-refractivity contribution in [1.29, 1.82) is 0 Å². The molecule has 170 valence electrons. The number of thioether (sulfide) groups is 1. The lowest BCUT2D eigenvalue weighted by Crippen LogP contribution is -2.24. The van der Waals surface area contributed by atoms with Crippen LogP contribution in [0, 0.1) is 0 Å². The summed E-state index contributed by atoms with van der Waals surface area (Å²) in [6, 6.07) is 20.3. The molecule has 0 radical (unpaired) electrons. The monoisotopic (exact) mass is 464 g/mol. The van der Waals surface area contributed by atoms with Gasteiger partial charge in [-0.05, 0) is 48.9 Å². The highest BCUT2D eigenvalue weighted by Gasteiger charge is 2.20. The Bertz CT molecular complexity index is 1160. The highest BCUT2D eigenvalue weighted by atomic mass is 32.2. The number of carboxylic acids is 1. The summed E-state index contributed by atoms with van der Waals surface area (Å²) < 4.78 is 5.29. The molecular formula is C25H24N2O5S. The maximum atomic E-state index is 12.9. The lowest BCUT2D eigenvalue weighted by atomic mass is 10.1. The molecule has 0 aliphatic carbocycles. The van der Waals surface area contributed by atoms with E-state index in [2.05, 4.69) is 10.6 Å². The van der Waals surface area contributed by atoms with Crippen LogP contribution in [0.5, 0.6) is 5.75 Å². The van der Waals surface area contributed by atoms with E-state index < -0.39 is 11.9 Å². The van der Waals surface area contributed by atoms with E-state index in [9.17, 15) is 19.5 Å². The van der Waals surface area contributed by atoms with E-state index >= 15 is 0 Å². The minimum atomic E-state index is -1.17. The molecule has 1 unspecified atom stereocenters. The van der Waals surface area contributed by atoms with Crippen molar-refractivity contribution >= 4 is 40.9 Å². The second-order valence-corrected chi connectivity index (χ2v) is 8.31. The molecular weight excluding hydrogens is 440 g/mol. The minimum absolute atomic E-state index is 0.0698. The van der Waals surface area contributed by atoms with Crippen LogP contribution in [0.3, 0.4) is 0 Å². The van der Waals surface area contributed by atoms with E-state index in [1.807, 2.05) is 25.1 Å². The Labute approximate surface area is 196 Å². The smallest absolute Gasteiger partial charge is 0.336 e. The van der Waals surface area contributed by atoms with E-state index in [-0.39, 0.29) is 22.3 Å². The third kappa shape index (κ3) is 6.14. The molecule has 0 heterocycles. The van der Waals surface area contributed by atoms with Crippen molar-refractivity contribution in [3.63, 3.8) is 0 Å². The maximum absolute atomic E-state index is 12.9. The van der Waals surface area contributed by atoms with Gasteiger partial charge >= 0.3 is 5.97 Å². The van der Waals surface area contributed by atoms with E-state index in [0.717, 1.165) is 4.90 Å². The summed E-state index contributed by atoms with van der Waals surface area (Å²) in [5.41, 5.74) is 1.11. The number of carbonyl (C=O) groups is 3. The van der Waals surface area contributed by atoms with Crippen LogP contribution in [0.1, 0.15) is 34.1 Å². The molecule has 1 atom stereocenters. The zero-order chi connectivity index (χ0) is 23.8. The number of carbonyl (C=O) groups excluding carboxylic acids is 2. The summed E-state index contributed by atoms with van der Waals surface area (Å²) in [4.78, 5) is 37.7. The van der Waals surface area contributed by atoms with Gasteiger partial charge < -0.3 is 20.5 Å². The van der Waals surface area contributed by atoms with Gasteiger partial charge in [0.05, 0.1) is 29.2 Å². The average Bonchev–Trinajstić information content (AvgIpc) is 2.83. The molecule has 0 bridgehead atoms. The quantitative estimate of drug-likeness (QED) is 0.378. The van der Waals surface area contributed by atoms with Crippen molar-refractivity contribution in [3.8, 4) is 5.75 Å². The van der Waals surface area contributed by atoms with Crippen molar-refractivity contribution in [2.45, 2.75) is 23.5 Å². The molecule has 2 amide bonds. The number of carboxylic acid groups (broad SMARTS) is 1. The molecule has 0 spiro atoms. The first-order valence-corrected chi connectivity index (χ1v) is 11.1. The number of methoxy groups -OCH3 is 1. The van der Waals surface area contributed by atoms with Crippen LogP contribution >= 0.6 is 11.8 Å². The number of hydrogen-bond acceptors (Lipinski definition) is 5.